The van der Waals surface area contributed by atoms with Gasteiger partial charge in [-0.05, 0) is 25.8 Å². The zero-order chi connectivity index (χ0) is 17.5. The molecule has 1 aliphatic carbocycles. The lowest BCUT2D eigenvalue weighted by Gasteiger charge is -2.31. The fourth-order valence-electron chi connectivity index (χ4n) is 2.27. The largest absolute Gasteiger partial charge is 0.387 e. The summed E-state index contributed by atoms with van der Waals surface area (Å²) in [7, 11) is 0. The molecule has 0 saturated heterocycles. The minimum Gasteiger partial charge on any atom is -0.387 e. The molecule has 5 N–H and O–H groups in total. The number of hydrogen-bond donors (Lipinski definition) is 4. The molecule has 1 atom stereocenters. The van der Waals surface area contributed by atoms with Crippen molar-refractivity contribution in [1.82, 2.24) is 10.6 Å². The predicted molar refractivity (Wildman–Crippen MR) is 94.7 cm³/mol. The number of nitrogens with two attached hydrogens (primary N) is 1. The molecule has 0 spiro atoms. The van der Waals surface area contributed by atoms with Crippen LogP contribution in [0.5, 0.6) is 0 Å². The number of aliphatic hydroxyl groups is 1. The van der Waals surface area contributed by atoms with Gasteiger partial charge in [0, 0.05) is 38.4 Å². The van der Waals surface area contributed by atoms with Gasteiger partial charge in [-0.2, -0.15) is 0 Å². The second kappa shape index (κ2) is 14.5. The van der Waals surface area contributed by atoms with Crippen molar-refractivity contribution < 1.29 is 19.3 Å². The summed E-state index contributed by atoms with van der Waals surface area (Å²) in [6, 6.07) is 0. The molecule has 0 heterocycles. The summed E-state index contributed by atoms with van der Waals surface area (Å²) >= 11 is 0. The summed E-state index contributed by atoms with van der Waals surface area (Å²) < 4.78 is 16.2. The van der Waals surface area contributed by atoms with Crippen LogP contribution in [0, 0.1) is 0 Å². The SMILES string of the molecule is CCCNC1=C(NCCCOCCOCCOCCCN)[C@H](O)C1. The maximum Gasteiger partial charge on any atom is 0.101 e. The van der Waals surface area contributed by atoms with Crippen LogP contribution < -0.4 is 16.4 Å². The summed E-state index contributed by atoms with van der Waals surface area (Å²) in [5, 5.41) is 16.4. The zero-order valence-corrected chi connectivity index (χ0v) is 15.0. The molecule has 0 aromatic rings. The topological polar surface area (TPSA) is 98.0 Å². The van der Waals surface area contributed by atoms with Gasteiger partial charge in [-0.25, -0.2) is 0 Å². The van der Waals surface area contributed by atoms with Crippen LogP contribution in [0.4, 0.5) is 0 Å². The molecule has 0 unspecified atom stereocenters. The molecule has 0 aromatic carbocycles. The first kappa shape index (κ1) is 21.2. The first-order chi connectivity index (χ1) is 11.8. The number of rotatable bonds is 17. The van der Waals surface area contributed by atoms with E-state index in [-0.39, 0.29) is 6.10 Å². The minimum absolute atomic E-state index is 0.342. The van der Waals surface area contributed by atoms with E-state index in [4.69, 9.17) is 19.9 Å². The van der Waals surface area contributed by atoms with E-state index in [1.807, 2.05) is 0 Å². The Morgan fingerprint density at radius 2 is 1.58 bits per heavy atom. The molecule has 1 rings (SSSR count). The lowest BCUT2D eigenvalue weighted by Crippen LogP contribution is -2.40. The quantitative estimate of drug-likeness (QED) is 0.282. The zero-order valence-electron chi connectivity index (χ0n) is 15.0. The van der Waals surface area contributed by atoms with Gasteiger partial charge < -0.3 is 35.7 Å². The molecular formula is C17H35N3O4. The van der Waals surface area contributed by atoms with Crippen molar-refractivity contribution in [3.63, 3.8) is 0 Å². The van der Waals surface area contributed by atoms with Crippen LogP contribution in [-0.2, 0) is 14.2 Å². The van der Waals surface area contributed by atoms with Gasteiger partial charge in [-0.1, -0.05) is 6.92 Å². The molecule has 7 heteroatoms. The Hall–Kier alpha value is -0.860. The lowest BCUT2D eigenvalue weighted by molar-refractivity contribution is 0.0140. The van der Waals surface area contributed by atoms with Crippen molar-refractivity contribution in [1.29, 1.82) is 0 Å². The average Bonchev–Trinajstić information content (AvgIpc) is 2.58. The van der Waals surface area contributed by atoms with Crippen LogP contribution in [0.15, 0.2) is 11.4 Å². The Morgan fingerprint density at radius 3 is 2.17 bits per heavy atom. The Morgan fingerprint density at radius 1 is 0.958 bits per heavy atom. The first-order valence-electron chi connectivity index (χ1n) is 9.11. The smallest absolute Gasteiger partial charge is 0.101 e. The van der Waals surface area contributed by atoms with Gasteiger partial charge in [0.1, 0.15) is 6.10 Å². The molecule has 0 amide bonds. The van der Waals surface area contributed by atoms with Gasteiger partial charge in [0.25, 0.3) is 0 Å². The highest BCUT2D eigenvalue weighted by Gasteiger charge is 2.26. The van der Waals surface area contributed by atoms with E-state index in [1.165, 1.54) is 0 Å². The molecule has 0 fully saturated rings. The van der Waals surface area contributed by atoms with E-state index >= 15 is 0 Å². The Labute approximate surface area is 145 Å². The maximum atomic E-state index is 9.74. The van der Waals surface area contributed by atoms with Crippen molar-refractivity contribution in [3.05, 3.63) is 11.4 Å². The minimum atomic E-state index is -0.342. The van der Waals surface area contributed by atoms with Gasteiger partial charge in [0.05, 0.1) is 32.1 Å². The summed E-state index contributed by atoms with van der Waals surface area (Å²) in [5.41, 5.74) is 7.46. The normalized spacial score (nSPS) is 17.0. The molecule has 1 aliphatic rings. The van der Waals surface area contributed by atoms with Gasteiger partial charge >= 0.3 is 0 Å². The molecule has 24 heavy (non-hydrogen) atoms. The van der Waals surface area contributed by atoms with Crippen LogP contribution >= 0.6 is 0 Å². The third kappa shape index (κ3) is 9.44. The first-order valence-corrected chi connectivity index (χ1v) is 9.11. The molecular weight excluding hydrogens is 310 g/mol. The highest BCUT2D eigenvalue weighted by molar-refractivity contribution is 5.27. The second-order valence-corrected chi connectivity index (χ2v) is 5.80. The van der Waals surface area contributed by atoms with Crippen LogP contribution in [0.1, 0.15) is 32.6 Å². The Bertz CT molecular complexity index is 340. The fourth-order valence-corrected chi connectivity index (χ4v) is 2.27. The Balaban J connectivity index is 1.85. The van der Waals surface area contributed by atoms with E-state index in [0.29, 0.717) is 46.2 Å². The van der Waals surface area contributed by atoms with Crippen molar-refractivity contribution in [3.8, 4) is 0 Å². The molecule has 0 saturated carbocycles. The predicted octanol–water partition coefficient (Wildman–Crippen LogP) is 0.341. The third-order valence-corrected chi connectivity index (χ3v) is 3.66. The van der Waals surface area contributed by atoms with E-state index in [9.17, 15) is 5.11 Å². The number of ether oxygens (including phenoxy) is 3. The van der Waals surface area contributed by atoms with Crippen LogP contribution in [0.2, 0.25) is 0 Å². The van der Waals surface area contributed by atoms with Crippen LogP contribution in [0.25, 0.3) is 0 Å². The maximum absolute atomic E-state index is 9.74. The van der Waals surface area contributed by atoms with Gasteiger partial charge in [-0.15, -0.1) is 0 Å². The lowest BCUT2D eigenvalue weighted by atomic mass is 9.96. The van der Waals surface area contributed by atoms with E-state index in [0.717, 1.165) is 50.2 Å². The third-order valence-electron chi connectivity index (χ3n) is 3.66. The van der Waals surface area contributed by atoms with Crippen molar-refractivity contribution in [2.24, 2.45) is 5.73 Å². The van der Waals surface area contributed by atoms with Crippen molar-refractivity contribution in [2.75, 3.05) is 59.3 Å². The second-order valence-electron chi connectivity index (χ2n) is 5.80. The molecule has 0 aromatic heterocycles. The van der Waals surface area contributed by atoms with Crippen LogP contribution in [0.3, 0.4) is 0 Å². The highest BCUT2D eigenvalue weighted by Crippen LogP contribution is 2.23. The number of nitrogens with one attached hydrogen (secondary N) is 2. The summed E-state index contributed by atoms with van der Waals surface area (Å²) in [5.74, 6) is 0. The summed E-state index contributed by atoms with van der Waals surface area (Å²) in [6.45, 7) is 8.32. The number of aliphatic hydroxyl groups excluding tert-OH is 1. The Kier molecular flexibility index (Phi) is 12.8. The molecule has 0 bridgehead atoms. The standard InChI is InChI=1S/C17H35N3O4/c1-2-6-19-15-14-16(21)17(15)20-7-4-9-23-11-13-24-12-10-22-8-3-5-18/h16,19-21H,2-14,18H2,1H3/t16-/m1/s1. The van der Waals surface area contributed by atoms with Gasteiger partial charge in [0.2, 0.25) is 0 Å². The summed E-state index contributed by atoms with van der Waals surface area (Å²) in [6.07, 6.45) is 3.26. The van der Waals surface area contributed by atoms with Crippen molar-refractivity contribution >= 4 is 0 Å². The monoisotopic (exact) mass is 345 g/mol. The van der Waals surface area contributed by atoms with Gasteiger partial charge in [-0.3, -0.25) is 0 Å². The molecule has 142 valence electrons. The molecule has 7 nitrogen and oxygen atoms in total. The number of hydrogen-bond acceptors (Lipinski definition) is 7. The fraction of sp³-hybridized carbons (Fsp3) is 0.882. The molecule has 0 radical (unpaired) electrons. The van der Waals surface area contributed by atoms with Crippen molar-refractivity contribution in [2.45, 2.75) is 38.7 Å². The van der Waals surface area contributed by atoms with E-state index in [2.05, 4.69) is 17.6 Å². The molecule has 0 aliphatic heterocycles. The van der Waals surface area contributed by atoms with Gasteiger partial charge in [0.15, 0.2) is 0 Å². The summed E-state index contributed by atoms with van der Waals surface area (Å²) in [4.78, 5) is 0. The van der Waals surface area contributed by atoms with Crippen LogP contribution in [-0.4, -0.2) is 70.5 Å². The van der Waals surface area contributed by atoms with E-state index < -0.39 is 0 Å². The van der Waals surface area contributed by atoms with E-state index in [1.54, 1.807) is 0 Å². The average molecular weight is 345 g/mol. The highest BCUT2D eigenvalue weighted by atomic mass is 16.5.